The Balaban J connectivity index is 0.925. The van der Waals surface area contributed by atoms with Gasteiger partial charge in [0.15, 0.2) is 0 Å². The fourth-order valence-electron chi connectivity index (χ4n) is 8.41. The molecule has 2 amide bonds. The number of hydrogen-bond donors (Lipinski definition) is 2. The van der Waals surface area contributed by atoms with Crippen LogP contribution in [0.4, 0.5) is 0 Å². The molecule has 4 aromatic carbocycles. The second-order valence-electron chi connectivity index (χ2n) is 15.5. The number of H-pyrrole nitrogens is 2. The Morgan fingerprint density at radius 2 is 1.11 bits per heavy atom. The van der Waals surface area contributed by atoms with Crippen molar-refractivity contribution in [2.24, 2.45) is 0 Å². The van der Waals surface area contributed by atoms with E-state index in [-0.39, 0.29) is 36.0 Å². The smallest absolute Gasteiger partial charge is 0.245 e. The molecule has 0 radical (unpaired) electrons. The highest BCUT2D eigenvalue weighted by molar-refractivity contribution is 5.84. The van der Waals surface area contributed by atoms with E-state index in [2.05, 4.69) is 9.97 Å². The summed E-state index contributed by atoms with van der Waals surface area (Å²) in [6.45, 7) is 1.41. The first-order valence-corrected chi connectivity index (χ1v) is 19.8. The molecule has 11 heteroatoms. The highest BCUT2D eigenvalue weighted by Gasteiger charge is 2.38. The quantitative estimate of drug-likeness (QED) is 0.129. The number of aromatic amines is 2. The van der Waals surface area contributed by atoms with Crippen molar-refractivity contribution in [3.05, 3.63) is 144 Å². The summed E-state index contributed by atoms with van der Waals surface area (Å²) < 4.78 is 6.32. The lowest BCUT2D eigenvalue weighted by Crippen LogP contribution is -2.40. The van der Waals surface area contributed by atoms with Crippen LogP contribution in [-0.2, 0) is 9.59 Å². The number of benzene rings is 4. The van der Waals surface area contributed by atoms with Crippen LogP contribution in [0.2, 0.25) is 0 Å². The molecule has 0 bridgehead atoms. The van der Waals surface area contributed by atoms with E-state index < -0.39 is 0 Å². The Bertz CT molecular complexity index is 2290. The van der Waals surface area contributed by atoms with E-state index in [1.807, 2.05) is 169 Å². The number of nitrogens with zero attached hydrogens (tertiary/aromatic N) is 6. The molecule has 0 saturated carbocycles. The number of likely N-dealkylation sites (tertiary alicyclic amines) is 2. The van der Waals surface area contributed by atoms with Gasteiger partial charge in [-0.1, -0.05) is 72.8 Å². The molecule has 8 rings (SSSR count). The van der Waals surface area contributed by atoms with Crippen molar-refractivity contribution in [3.63, 3.8) is 0 Å². The second-order valence-corrected chi connectivity index (χ2v) is 15.5. The Kier molecular flexibility index (Phi) is 11.0. The van der Waals surface area contributed by atoms with Gasteiger partial charge >= 0.3 is 0 Å². The molecule has 4 heterocycles. The van der Waals surface area contributed by atoms with E-state index in [1.54, 1.807) is 0 Å². The summed E-state index contributed by atoms with van der Waals surface area (Å²) in [5.74, 6) is 3.19. The van der Waals surface area contributed by atoms with Gasteiger partial charge in [-0.2, -0.15) is 0 Å². The van der Waals surface area contributed by atoms with E-state index in [1.165, 1.54) is 0 Å². The van der Waals surface area contributed by atoms with Gasteiger partial charge in [-0.15, -0.1) is 0 Å². The summed E-state index contributed by atoms with van der Waals surface area (Å²) in [5.41, 5.74) is 5.65. The summed E-state index contributed by atoms with van der Waals surface area (Å²) in [6.07, 6.45) is 7.27. The number of imidazole rings is 2. The Morgan fingerprint density at radius 3 is 1.60 bits per heavy atom. The van der Waals surface area contributed by atoms with Crippen molar-refractivity contribution in [2.75, 3.05) is 41.3 Å². The topological polar surface area (TPSA) is 114 Å². The molecule has 2 aliphatic rings. The first-order chi connectivity index (χ1) is 27.7. The maximum Gasteiger partial charge on any atom is 0.245 e. The maximum absolute atomic E-state index is 13.9. The van der Waals surface area contributed by atoms with Crippen LogP contribution in [0.5, 0.6) is 11.5 Å². The van der Waals surface area contributed by atoms with Gasteiger partial charge in [-0.05, 0) is 107 Å². The molecular formula is C46H50N8O3. The molecule has 0 aliphatic carbocycles. The zero-order valence-electron chi connectivity index (χ0n) is 33.0. The third-order valence-corrected chi connectivity index (χ3v) is 11.2. The lowest BCUT2D eigenvalue weighted by molar-refractivity contribution is -0.138. The Hall–Kier alpha value is -6.04. The fourth-order valence-corrected chi connectivity index (χ4v) is 8.41. The molecule has 2 fully saturated rings. The minimum atomic E-state index is -0.359. The number of amides is 2. The summed E-state index contributed by atoms with van der Waals surface area (Å²) in [7, 11) is 7.81. The van der Waals surface area contributed by atoms with E-state index in [0.717, 1.165) is 71.0 Å². The van der Waals surface area contributed by atoms with Gasteiger partial charge in [-0.25, -0.2) is 9.97 Å². The van der Waals surface area contributed by atoms with Crippen molar-refractivity contribution in [2.45, 2.75) is 49.9 Å². The fraction of sp³-hybridized carbons (Fsp3) is 0.304. The van der Waals surface area contributed by atoms with Gasteiger partial charge in [0.25, 0.3) is 0 Å². The minimum Gasteiger partial charge on any atom is -0.457 e. The summed E-state index contributed by atoms with van der Waals surface area (Å²) >= 11 is 0. The van der Waals surface area contributed by atoms with Crippen LogP contribution in [0.1, 0.15) is 72.6 Å². The molecule has 2 aromatic heterocycles. The first-order valence-electron chi connectivity index (χ1n) is 19.8. The van der Waals surface area contributed by atoms with Crippen molar-refractivity contribution < 1.29 is 14.3 Å². The molecular weight excluding hydrogens is 713 g/mol. The summed E-state index contributed by atoms with van der Waals surface area (Å²) in [5, 5.41) is 0. The van der Waals surface area contributed by atoms with Crippen LogP contribution in [0.3, 0.4) is 0 Å². The van der Waals surface area contributed by atoms with E-state index in [9.17, 15) is 9.59 Å². The number of carbonyl (C=O) groups excluding carboxylic acids is 2. The average molecular weight is 763 g/mol. The molecule has 2 aliphatic heterocycles. The lowest BCUT2D eigenvalue weighted by atomic mass is 10.0. The molecule has 4 atom stereocenters. The van der Waals surface area contributed by atoms with Crippen LogP contribution < -0.4 is 4.74 Å². The number of rotatable bonds is 12. The van der Waals surface area contributed by atoms with Crippen LogP contribution in [0, 0.1) is 0 Å². The first kappa shape index (κ1) is 37.9. The normalized spacial score (nSPS) is 18.0. The molecule has 0 unspecified atom stereocenters. The van der Waals surface area contributed by atoms with Crippen molar-refractivity contribution in [3.8, 4) is 34.0 Å². The molecule has 11 nitrogen and oxygen atoms in total. The largest absolute Gasteiger partial charge is 0.457 e. The Morgan fingerprint density at radius 1 is 0.614 bits per heavy atom. The standard InChI is InChI=1S/C46H50N8O3/c1-51(2)41(32-14-7-5-8-15-32)45(55)53-26-12-20-39(53)43-47-29-37(49-43)31-22-24-35(25-23-31)57-36-19-11-18-34(28-36)38-30-48-44(50-38)40-21-13-27-54(40)46(56)42(52(3)4)33-16-9-6-10-17-33/h5-11,14-19,22-25,28-30,39-42H,12-13,20-21,26-27H2,1-4H3,(H,47,49)(H,48,50)/t39-,40-,41+,42+/m0/s1. The molecule has 292 valence electrons. The molecule has 2 N–H and O–H groups in total. The van der Waals surface area contributed by atoms with Crippen molar-refractivity contribution >= 4 is 11.8 Å². The number of ether oxygens (including phenoxy) is 1. The number of carbonyl (C=O) groups is 2. The van der Waals surface area contributed by atoms with Crippen molar-refractivity contribution in [1.82, 2.24) is 39.5 Å². The zero-order valence-corrected chi connectivity index (χ0v) is 33.0. The third-order valence-electron chi connectivity index (χ3n) is 11.2. The van der Waals surface area contributed by atoms with E-state index in [4.69, 9.17) is 14.7 Å². The average Bonchev–Trinajstić information content (AvgIpc) is 4.06. The van der Waals surface area contributed by atoms with E-state index >= 15 is 0 Å². The molecule has 2 saturated heterocycles. The minimum absolute atomic E-state index is 0.0887. The van der Waals surface area contributed by atoms with Gasteiger partial charge in [-0.3, -0.25) is 19.4 Å². The van der Waals surface area contributed by atoms with Gasteiger partial charge < -0.3 is 24.5 Å². The lowest BCUT2D eigenvalue weighted by Gasteiger charge is -2.31. The molecule has 57 heavy (non-hydrogen) atoms. The maximum atomic E-state index is 13.9. The zero-order chi connectivity index (χ0) is 39.5. The predicted octanol–water partition coefficient (Wildman–Crippen LogP) is 8.19. The summed E-state index contributed by atoms with van der Waals surface area (Å²) in [4.78, 5) is 52.3. The predicted molar refractivity (Wildman–Crippen MR) is 221 cm³/mol. The van der Waals surface area contributed by atoms with Crippen LogP contribution >= 0.6 is 0 Å². The van der Waals surface area contributed by atoms with Crippen LogP contribution in [0.15, 0.2) is 122 Å². The van der Waals surface area contributed by atoms with E-state index in [0.29, 0.717) is 24.6 Å². The third kappa shape index (κ3) is 7.99. The number of hydrogen-bond acceptors (Lipinski definition) is 7. The van der Waals surface area contributed by atoms with Gasteiger partial charge in [0.05, 0.1) is 35.9 Å². The second kappa shape index (κ2) is 16.6. The monoisotopic (exact) mass is 762 g/mol. The van der Waals surface area contributed by atoms with Crippen molar-refractivity contribution in [1.29, 1.82) is 0 Å². The highest BCUT2D eigenvalue weighted by atomic mass is 16.5. The van der Waals surface area contributed by atoms with Gasteiger partial charge in [0.1, 0.15) is 35.2 Å². The number of likely N-dealkylation sites (N-methyl/N-ethyl adjacent to an activating group) is 2. The molecule has 6 aromatic rings. The molecule has 0 spiro atoms. The highest BCUT2D eigenvalue weighted by Crippen LogP contribution is 2.37. The van der Waals surface area contributed by atoms with Crippen LogP contribution in [0.25, 0.3) is 22.5 Å². The number of nitrogens with one attached hydrogen (secondary N) is 2. The Labute approximate surface area is 334 Å². The summed E-state index contributed by atoms with van der Waals surface area (Å²) in [6, 6.07) is 34.8. The van der Waals surface area contributed by atoms with Gasteiger partial charge in [0.2, 0.25) is 11.8 Å². The van der Waals surface area contributed by atoms with Gasteiger partial charge in [0, 0.05) is 18.7 Å². The number of aromatic nitrogens is 4. The van der Waals surface area contributed by atoms with Crippen LogP contribution in [-0.4, -0.2) is 92.6 Å². The SMILES string of the molecule is CN(C)[C@@H](C(=O)N1CCC[C@H]1c1ncc(-c2ccc(Oc3cccc(-c4cnc([C@@H]5CCCN5C(=O)[C@@H](c5ccccc5)N(C)C)[nH]4)c3)cc2)[nH]1)c1ccccc1.